The standard InChI is InChI=1S/C14H26N2/c1-13(2)5-8-16(11-13)10-12-9-14(12)3-6-15-7-4-14/h12,15H,3-11H2,1-2H3. The van der Waals surface area contributed by atoms with Crippen molar-refractivity contribution >= 4 is 0 Å². The quantitative estimate of drug-likeness (QED) is 0.770. The summed E-state index contributed by atoms with van der Waals surface area (Å²) in [4.78, 5) is 2.72. The molecular weight excluding hydrogens is 196 g/mol. The predicted molar refractivity (Wildman–Crippen MR) is 67.5 cm³/mol. The molecule has 92 valence electrons. The molecule has 1 saturated carbocycles. The Balaban J connectivity index is 1.51. The van der Waals surface area contributed by atoms with Crippen molar-refractivity contribution in [2.24, 2.45) is 16.7 Å². The van der Waals surface area contributed by atoms with Gasteiger partial charge in [-0.3, -0.25) is 0 Å². The van der Waals surface area contributed by atoms with Gasteiger partial charge in [0, 0.05) is 13.1 Å². The van der Waals surface area contributed by atoms with Gasteiger partial charge in [0.2, 0.25) is 0 Å². The summed E-state index contributed by atoms with van der Waals surface area (Å²) in [5, 5.41) is 3.49. The maximum atomic E-state index is 3.49. The zero-order valence-electron chi connectivity index (χ0n) is 10.9. The molecule has 1 spiro atoms. The third-order valence-corrected chi connectivity index (χ3v) is 5.19. The minimum atomic E-state index is 0.580. The van der Waals surface area contributed by atoms with Gasteiger partial charge in [0.1, 0.15) is 0 Å². The molecule has 3 aliphatic rings. The van der Waals surface area contributed by atoms with Crippen molar-refractivity contribution < 1.29 is 0 Å². The van der Waals surface area contributed by atoms with Crippen LogP contribution in [0.2, 0.25) is 0 Å². The number of nitrogens with zero attached hydrogens (tertiary/aromatic N) is 1. The van der Waals surface area contributed by atoms with Crippen molar-refractivity contribution in [3.8, 4) is 0 Å². The molecule has 1 N–H and O–H groups in total. The molecule has 0 bridgehead atoms. The van der Waals surface area contributed by atoms with Crippen LogP contribution in [-0.2, 0) is 0 Å². The maximum absolute atomic E-state index is 3.49. The van der Waals surface area contributed by atoms with E-state index in [2.05, 4.69) is 24.1 Å². The van der Waals surface area contributed by atoms with E-state index in [0.29, 0.717) is 5.41 Å². The van der Waals surface area contributed by atoms with Gasteiger partial charge in [-0.1, -0.05) is 13.8 Å². The molecule has 0 aromatic carbocycles. The van der Waals surface area contributed by atoms with Crippen molar-refractivity contribution in [3.63, 3.8) is 0 Å². The highest BCUT2D eigenvalue weighted by Crippen LogP contribution is 2.59. The van der Waals surface area contributed by atoms with Gasteiger partial charge in [0.15, 0.2) is 0 Å². The van der Waals surface area contributed by atoms with Crippen LogP contribution in [0, 0.1) is 16.7 Å². The molecule has 0 radical (unpaired) electrons. The van der Waals surface area contributed by atoms with Crippen LogP contribution < -0.4 is 5.32 Å². The smallest absolute Gasteiger partial charge is 0.00333 e. The maximum Gasteiger partial charge on any atom is 0.00333 e. The first kappa shape index (κ1) is 11.0. The number of hydrogen-bond donors (Lipinski definition) is 1. The zero-order valence-corrected chi connectivity index (χ0v) is 10.9. The van der Waals surface area contributed by atoms with Crippen molar-refractivity contribution in [2.75, 3.05) is 32.7 Å². The summed E-state index contributed by atoms with van der Waals surface area (Å²) in [5.41, 5.74) is 1.36. The fourth-order valence-corrected chi connectivity index (χ4v) is 3.92. The molecule has 16 heavy (non-hydrogen) atoms. The van der Waals surface area contributed by atoms with Crippen molar-refractivity contribution in [1.82, 2.24) is 10.2 Å². The Morgan fingerprint density at radius 1 is 1.19 bits per heavy atom. The molecule has 2 nitrogen and oxygen atoms in total. The highest BCUT2D eigenvalue weighted by atomic mass is 15.2. The molecule has 0 aromatic heterocycles. The molecule has 1 unspecified atom stereocenters. The number of likely N-dealkylation sites (tertiary alicyclic amines) is 1. The van der Waals surface area contributed by atoms with E-state index in [4.69, 9.17) is 0 Å². The van der Waals surface area contributed by atoms with Crippen LogP contribution in [0.5, 0.6) is 0 Å². The van der Waals surface area contributed by atoms with E-state index in [0.717, 1.165) is 11.3 Å². The topological polar surface area (TPSA) is 15.3 Å². The third-order valence-electron chi connectivity index (χ3n) is 5.19. The summed E-state index contributed by atoms with van der Waals surface area (Å²) in [7, 11) is 0. The molecule has 3 fully saturated rings. The van der Waals surface area contributed by atoms with Crippen LogP contribution in [0.3, 0.4) is 0 Å². The Kier molecular flexibility index (Phi) is 2.56. The Hall–Kier alpha value is -0.0800. The van der Waals surface area contributed by atoms with Gasteiger partial charge in [-0.25, -0.2) is 0 Å². The van der Waals surface area contributed by atoms with Crippen LogP contribution in [0.1, 0.15) is 39.5 Å². The molecule has 2 heteroatoms. The normalized spacial score (nSPS) is 36.8. The first-order valence-corrected chi connectivity index (χ1v) is 7.03. The Labute approximate surface area is 99.8 Å². The summed E-state index contributed by atoms with van der Waals surface area (Å²) >= 11 is 0. The second-order valence-corrected chi connectivity index (χ2v) is 7.16. The molecule has 3 rings (SSSR count). The van der Waals surface area contributed by atoms with E-state index >= 15 is 0 Å². The number of rotatable bonds is 2. The molecule has 1 aliphatic carbocycles. The molecule has 1 atom stereocenters. The van der Waals surface area contributed by atoms with Crippen molar-refractivity contribution in [2.45, 2.75) is 39.5 Å². The van der Waals surface area contributed by atoms with Crippen molar-refractivity contribution in [3.05, 3.63) is 0 Å². The van der Waals surface area contributed by atoms with Crippen LogP contribution in [0.4, 0.5) is 0 Å². The minimum Gasteiger partial charge on any atom is -0.317 e. The molecule has 2 heterocycles. The van der Waals surface area contributed by atoms with Gasteiger partial charge in [0.25, 0.3) is 0 Å². The second-order valence-electron chi connectivity index (χ2n) is 7.16. The summed E-state index contributed by atoms with van der Waals surface area (Å²) in [6.07, 6.45) is 5.80. The molecule has 0 amide bonds. The summed E-state index contributed by atoms with van der Waals surface area (Å²) in [5.74, 6) is 1.03. The van der Waals surface area contributed by atoms with E-state index < -0.39 is 0 Å². The number of hydrogen-bond acceptors (Lipinski definition) is 2. The Morgan fingerprint density at radius 3 is 2.56 bits per heavy atom. The monoisotopic (exact) mass is 222 g/mol. The van der Waals surface area contributed by atoms with Crippen LogP contribution in [-0.4, -0.2) is 37.6 Å². The minimum absolute atomic E-state index is 0.580. The zero-order chi connectivity index (χ0) is 11.2. The lowest BCUT2D eigenvalue weighted by molar-refractivity contribution is 0.244. The highest BCUT2D eigenvalue weighted by molar-refractivity contribution is 5.05. The Morgan fingerprint density at radius 2 is 1.94 bits per heavy atom. The van der Waals surface area contributed by atoms with Crippen molar-refractivity contribution in [1.29, 1.82) is 0 Å². The fraction of sp³-hybridized carbons (Fsp3) is 1.00. The van der Waals surface area contributed by atoms with Crippen LogP contribution >= 0.6 is 0 Å². The summed E-state index contributed by atoms with van der Waals surface area (Å²) in [6.45, 7) is 11.4. The van der Waals surface area contributed by atoms with E-state index in [9.17, 15) is 0 Å². The van der Waals surface area contributed by atoms with Gasteiger partial charge in [-0.05, 0) is 62.1 Å². The van der Waals surface area contributed by atoms with E-state index in [1.54, 1.807) is 0 Å². The number of nitrogens with one attached hydrogen (secondary N) is 1. The van der Waals surface area contributed by atoms with Crippen LogP contribution in [0.25, 0.3) is 0 Å². The molecule has 2 saturated heterocycles. The lowest BCUT2D eigenvalue weighted by Gasteiger charge is -2.26. The van der Waals surface area contributed by atoms with Gasteiger partial charge in [-0.2, -0.15) is 0 Å². The third kappa shape index (κ3) is 2.02. The van der Waals surface area contributed by atoms with Gasteiger partial charge in [0.05, 0.1) is 0 Å². The second kappa shape index (κ2) is 3.71. The molecule has 0 aromatic rings. The fourth-order valence-electron chi connectivity index (χ4n) is 3.92. The first-order valence-electron chi connectivity index (χ1n) is 7.03. The van der Waals surface area contributed by atoms with Gasteiger partial charge < -0.3 is 10.2 Å². The summed E-state index contributed by atoms with van der Waals surface area (Å²) < 4.78 is 0. The van der Waals surface area contributed by atoms with E-state index in [1.807, 2.05) is 0 Å². The van der Waals surface area contributed by atoms with E-state index in [1.165, 1.54) is 58.4 Å². The average Bonchev–Trinajstić information content (AvgIpc) is 2.74. The number of piperidine rings is 1. The lowest BCUT2D eigenvalue weighted by Crippen LogP contribution is -2.32. The lowest BCUT2D eigenvalue weighted by atomic mass is 9.91. The van der Waals surface area contributed by atoms with Gasteiger partial charge >= 0.3 is 0 Å². The molecular formula is C14H26N2. The van der Waals surface area contributed by atoms with Crippen LogP contribution in [0.15, 0.2) is 0 Å². The first-order chi connectivity index (χ1) is 7.60. The molecule has 2 aliphatic heterocycles. The SMILES string of the molecule is CC1(C)CCN(CC2CC23CCNCC3)C1. The largest absolute Gasteiger partial charge is 0.317 e. The highest BCUT2D eigenvalue weighted by Gasteiger charge is 2.54. The average molecular weight is 222 g/mol. The predicted octanol–water partition coefficient (Wildman–Crippen LogP) is 2.11. The van der Waals surface area contributed by atoms with Gasteiger partial charge in [-0.15, -0.1) is 0 Å². The Bertz CT molecular complexity index is 266. The van der Waals surface area contributed by atoms with E-state index in [-0.39, 0.29) is 0 Å². The summed E-state index contributed by atoms with van der Waals surface area (Å²) in [6, 6.07) is 0.